The molecule has 0 aromatic carbocycles. The molecule has 1 N–H and O–H groups in total. The molecule has 3 rings (SSSR count). The van der Waals surface area contributed by atoms with Crippen LogP contribution in [0.1, 0.15) is 34.6 Å². The minimum atomic E-state index is -0.704. The molecule has 0 saturated carbocycles. The summed E-state index contributed by atoms with van der Waals surface area (Å²) in [7, 11) is 5.11. The fourth-order valence-electron chi connectivity index (χ4n) is 4.89. The van der Waals surface area contributed by atoms with Gasteiger partial charge in [0, 0.05) is 33.0 Å². The normalized spacial score (nSPS) is 44.0. The van der Waals surface area contributed by atoms with E-state index in [1.165, 1.54) is 6.92 Å². The van der Waals surface area contributed by atoms with Crippen LogP contribution in [0.3, 0.4) is 0 Å². The Morgan fingerprint density at radius 2 is 1.78 bits per heavy atom. The predicted octanol–water partition coefficient (Wildman–Crippen LogP) is 1.06. The monoisotopic (exact) mass is 461 g/mol. The number of hydrogen-bond donors (Lipinski definition) is 1. The van der Waals surface area contributed by atoms with E-state index in [1.807, 2.05) is 27.8 Å². The van der Waals surface area contributed by atoms with Crippen molar-refractivity contribution in [3.63, 3.8) is 0 Å². The van der Waals surface area contributed by atoms with Crippen LogP contribution in [0.5, 0.6) is 0 Å². The highest BCUT2D eigenvalue weighted by Crippen LogP contribution is 2.39. The lowest BCUT2D eigenvalue weighted by atomic mass is 9.87. The molecule has 3 saturated heterocycles. The number of nitrogens with one attached hydrogen (secondary N) is 1. The maximum absolute atomic E-state index is 11.4. The first-order chi connectivity index (χ1) is 15.1. The Labute approximate surface area is 190 Å². The Kier molecular flexibility index (Phi) is 8.54. The number of carbonyl (C=O) groups excluding carboxylic acids is 1. The molecule has 3 fully saturated rings. The lowest BCUT2D eigenvalue weighted by molar-refractivity contribution is -0.388. The molecule has 0 amide bonds. The number of esters is 1. The molecule has 10 atom stereocenters. The van der Waals surface area contributed by atoms with Gasteiger partial charge in [0.2, 0.25) is 0 Å². The van der Waals surface area contributed by atoms with Gasteiger partial charge < -0.3 is 43.2 Å². The van der Waals surface area contributed by atoms with Crippen LogP contribution in [-0.4, -0.2) is 95.4 Å². The lowest BCUT2D eigenvalue weighted by Crippen LogP contribution is -2.65. The molecule has 0 aliphatic carbocycles. The maximum Gasteiger partial charge on any atom is 0.302 e. The number of methoxy groups -OCH3 is 2. The summed E-state index contributed by atoms with van der Waals surface area (Å²) in [6.45, 7) is 9.64. The zero-order valence-electron chi connectivity index (χ0n) is 20.4. The maximum atomic E-state index is 11.4. The molecule has 0 radical (unpaired) electrons. The summed E-state index contributed by atoms with van der Waals surface area (Å²) in [4.78, 5) is 11.4. The van der Waals surface area contributed by atoms with Crippen LogP contribution < -0.4 is 5.32 Å². The lowest BCUT2D eigenvalue weighted by Gasteiger charge is -2.52. The Hall–Kier alpha value is -0.850. The molecule has 10 heteroatoms. The van der Waals surface area contributed by atoms with E-state index >= 15 is 0 Å². The van der Waals surface area contributed by atoms with Crippen molar-refractivity contribution in [2.24, 2.45) is 11.8 Å². The Bertz CT molecular complexity index is 633. The smallest absolute Gasteiger partial charge is 0.302 e. The topological polar surface area (TPSA) is 103 Å². The standard InChI is InChI=1S/C22H39NO9/c1-11-16(23-6)21(26-8)30-14(9-27-13(3)24)17(11)31-20-12(2)18(25-7)19-15(29-20)10-28-22(4,5)32-19/h11-12,14-21,23H,9-10H2,1-8H3/t11-,12?,14?,15?,16?,17+,18+,19-,20+,21+/m1/s1. The van der Waals surface area contributed by atoms with Crippen LogP contribution in [0.4, 0.5) is 0 Å². The summed E-state index contributed by atoms with van der Waals surface area (Å²) in [6.07, 6.45) is -2.84. The van der Waals surface area contributed by atoms with Crippen molar-refractivity contribution in [2.75, 3.05) is 34.5 Å². The van der Waals surface area contributed by atoms with E-state index in [4.69, 9.17) is 37.9 Å². The Balaban J connectivity index is 1.79. The van der Waals surface area contributed by atoms with Gasteiger partial charge >= 0.3 is 5.97 Å². The largest absolute Gasteiger partial charge is 0.463 e. The minimum Gasteiger partial charge on any atom is -0.463 e. The number of fused-ring (bicyclic) bond motifs is 1. The van der Waals surface area contributed by atoms with Gasteiger partial charge in [0.1, 0.15) is 24.9 Å². The van der Waals surface area contributed by atoms with Crippen molar-refractivity contribution in [1.29, 1.82) is 0 Å². The number of rotatable bonds is 7. The number of hydrogen-bond acceptors (Lipinski definition) is 10. The molecule has 10 nitrogen and oxygen atoms in total. The summed E-state index contributed by atoms with van der Waals surface area (Å²) in [5.41, 5.74) is 0. The Morgan fingerprint density at radius 3 is 2.38 bits per heavy atom. The van der Waals surface area contributed by atoms with E-state index in [0.717, 1.165) is 0 Å². The van der Waals surface area contributed by atoms with Crippen LogP contribution in [-0.2, 0) is 42.7 Å². The van der Waals surface area contributed by atoms with Crippen LogP contribution >= 0.6 is 0 Å². The van der Waals surface area contributed by atoms with Crippen molar-refractivity contribution in [3.8, 4) is 0 Å². The molecule has 4 unspecified atom stereocenters. The van der Waals surface area contributed by atoms with Crippen molar-refractivity contribution < 1.29 is 42.7 Å². The molecule has 3 heterocycles. The average molecular weight is 462 g/mol. The fraction of sp³-hybridized carbons (Fsp3) is 0.955. The zero-order valence-corrected chi connectivity index (χ0v) is 20.4. The van der Waals surface area contributed by atoms with Crippen LogP contribution in [0.15, 0.2) is 0 Å². The van der Waals surface area contributed by atoms with E-state index in [-0.39, 0.29) is 48.8 Å². The van der Waals surface area contributed by atoms with Gasteiger partial charge in [-0.3, -0.25) is 4.79 Å². The van der Waals surface area contributed by atoms with Gasteiger partial charge in [0.05, 0.1) is 24.9 Å². The summed E-state index contributed by atoms with van der Waals surface area (Å²) in [5, 5.41) is 3.25. The van der Waals surface area contributed by atoms with Gasteiger partial charge in [0.25, 0.3) is 0 Å². The van der Waals surface area contributed by atoms with E-state index in [1.54, 1.807) is 14.2 Å². The first kappa shape index (κ1) is 25.8. The summed E-state index contributed by atoms with van der Waals surface area (Å²) < 4.78 is 47.5. The van der Waals surface area contributed by atoms with E-state index in [9.17, 15) is 4.79 Å². The number of carbonyl (C=O) groups is 1. The molecule has 3 aliphatic rings. The molecule has 32 heavy (non-hydrogen) atoms. The van der Waals surface area contributed by atoms with Gasteiger partial charge in [-0.1, -0.05) is 13.8 Å². The van der Waals surface area contributed by atoms with Crippen molar-refractivity contribution in [3.05, 3.63) is 0 Å². The van der Waals surface area contributed by atoms with Gasteiger partial charge in [-0.05, 0) is 20.9 Å². The molecule has 186 valence electrons. The predicted molar refractivity (Wildman–Crippen MR) is 113 cm³/mol. The van der Waals surface area contributed by atoms with Crippen LogP contribution in [0, 0.1) is 11.8 Å². The SMILES string of the molecule is CNC1[C@@H](OC)OC(COC(C)=O)[C@@H](O[C@@H]2OC3COC(C)(C)O[C@H]3[C@@H](OC)C2C)[C@@H]1C. The summed E-state index contributed by atoms with van der Waals surface area (Å²) in [5.74, 6) is -1.23. The van der Waals surface area contributed by atoms with Crippen molar-refractivity contribution in [2.45, 2.75) is 89.5 Å². The quantitative estimate of drug-likeness (QED) is 0.554. The molecular weight excluding hydrogens is 422 g/mol. The summed E-state index contributed by atoms with van der Waals surface area (Å²) in [6, 6.07) is -0.120. The van der Waals surface area contributed by atoms with Gasteiger partial charge in [0.15, 0.2) is 18.4 Å². The average Bonchev–Trinajstić information content (AvgIpc) is 2.74. The molecule has 0 aromatic rings. The third-order valence-electron chi connectivity index (χ3n) is 6.59. The minimum absolute atomic E-state index is 0.0217. The molecule has 3 aliphatic heterocycles. The second-order valence-electron chi connectivity index (χ2n) is 9.25. The second-order valence-corrected chi connectivity index (χ2v) is 9.25. The molecule has 0 bridgehead atoms. The zero-order chi connectivity index (χ0) is 23.6. The second kappa shape index (κ2) is 10.6. The van der Waals surface area contributed by atoms with E-state index in [0.29, 0.717) is 6.61 Å². The number of likely N-dealkylation sites (N-methyl/N-ethyl adjacent to an activating group) is 1. The molecular formula is C22H39NO9. The third kappa shape index (κ3) is 5.44. The number of ether oxygens (including phenoxy) is 8. The third-order valence-corrected chi connectivity index (χ3v) is 6.59. The van der Waals surface area contributed by atoms with Crippen molar-refractivity contribution in [1.82, 2.24) is 5.32 Å². The van der Waals surface area contributed by atoms with Gasteiger partial charge in [-0.25, -0.2) is 0 Å². The van der Waals surface area contributed by atoms with E-state index in [2.05, 4.69) is 12.2 Å². The molecule has 0 spiro atoms. The first-order valence-corrected chi connectivity index (χ1v) is 11.3. The van der Waals surface area contributed by atoms with Crippen LogP contribution in [0.2, 0.25) is 0 Å². The van der Waals surface area contributed by atoms with Crippen LogP contribution in [0.25, 0.3) is 0 Å². The van der Waals surface area contributed by atoms with Gasteiger partial charge in [-0.15, -0.1) is 0 Å². The van der Waals surface area contributed by atoms with Gasteiger partial charge in [-0.2, -0.15) is 0 Å². The highest BCUT2D eigenvalue weighted by atomic mass is 16.8. The highest BCUT2D eigenvalue weighted by molar-refractivity contribution is 5.65. The summed E-state index contributed by atoms with van der Waals surface area (Å²) >= 11 is 0. The molecule has 0 aromatic heterocycles. The Morgan fingerprint density at radius 1 is 1.06 bits per heavy atom. The highest BCUT2D eigenvalue weighted by Gasteiger charge is 2.53. The van der Waals surface area contributed by atoms with E-state index < -0.39 is 30.6 Å². The fourth-order valence-corrected chi connectivity index (χ4v) is 4.89. The van der Waals surface area contributed by atoms with Crippen molar-refractivity contribution >= 4 is 5.97 Å². The first-order valence-electron chi connectivity index (χ1n) is 11.3.